The molecule has 224 valence electrons. The third kappa shape index (κ3) is 7.22. The number of ether oxygens (including phenoxy) is 1. The van der Waals surface area contributed by atoms with Crippen LogP contribution in [0.25, 0.3) is 5.57 Å². The number of hydrogen-bond donors (Lipinski definition) is 3. The molecule has 2 heterocycles. The number of aromatic nitrogens is 1. The molecule has 3 N–H and O–H groups in total. The molecule has 0 radical (unpaired) electrons. The van der Waals surface area contributed by atoms with Crippen LogP contribution in [-0.4, -0.2) is 72.2 Å². The molecule has 10 nitrogen and oxygen atoms in total. The van der Waals surface area contributed by atoms with Crippen molar-refractivity contribution in [2.45, 2.75) is 50.1 Å². The van der Waals surface area contributed by atoms with Gasteiger partial charge in [-0.2, -0.15) is 8.78 Å². The van der Waals surface area contributed by atoms with Gasteiger partial charge in [-0.1, -0.05) is 38.1 Å². The lowest BCUT2D eigenvalue weighted by Gasteiger charge is -2.31. The van der Waals surface area contributed by atoms with Crippen molar-refractivity contribution in [2.75, 3.05) is 37.4 Å². The minimum absolute atomic E-state index is 0.00889. The maximum Gasteiger partial charge on any atom is 0.469 e. The van der Waals surface area contributed by atoms with Crippen LogP contribution >= 0.6 is 7.82 Å². The molecule has 14 heteroatoms. The topological polar surface area (TPSA) is 138 Å². The number of alkyl halides is 2. The fraction of sp³-hybridized carbons (Fsp3) is 0.444. The molecule has 2 unspecified atom stereocenters. The molecule has 0 saturated heterocycles. The van der Waals surface area contributed by atoms with Gasteiger partial charge in [-0.3, -0.25) is 4.52 Å². The van der Waals surface area contributed by atoms with Crippen molar-refractivity contribution in [3.63, 3.8) is 0 Å². The number of sulfone groups is 1. The third-order valence-corrected chi connectivity index (χ3v) is 9.28. The maximum absolute atomic E-state index is 14.4. The molecule has 1 aliphatic carbocycles. The number of fused-ring (bicyclic) bond motifs is 3. The lowest BCUT2D eigenvalue weighted by atomic mass is 9.80. The molecule has 0 spiro atoms. The highest BCUT2D eigenvalue weighted by molar-refractivity contribution is 7.91. The van der Waals surface area contributed by atoms with Gasteiger partial charge in [0.25, 0.3) is 0 Å². The van der Waals surface area contributed by atoms with Crippen molar-refractivity contribution in [2.24, 2.45) is 0 Å². The molecule has 41 heavy (non-hydrogen) atoms. The summed E-state index contributed by atoms with van der Waals surface area (Å²) in [5.41, 5.74) is 3.57. The van der Waals surface area contributed by atoms with Crippen molar-refractivity contribution in [1.29, 1.82) is 0 Å². The van der Waals surface area contributed by atoms with E-state index in [4.69, 9.17) is 14.5 Å². The number of rotatable bonds is 13. The highest BCUT2D eigenvalue weighted by Gasteiger charge is 2.41. The first-order chi connectivity index (χ1) is 19.3. The van der Waals surface area contributed by atoms with Gasteiger partial charge in [-0.25, -0.2) is 22.9 Å². The first kappa shape index (κ1) is 31.3. The molecule has 0 fully saturated rings. The summed E-state index contributed by atoms with van der Waals surface area (Å²) in [4.78, 5) is 23.1. The van der Waals surface area contributed by atoms with Crippen LogP contribution in [0.2, 0.25) is 0 Å². The molecule has 0 saturated carbocycles. The van der Waals surface area contributed by atoms with Gasteiger partial charge in [0.2, 0.25) is 0 Å². The average molecular weight is 614 g/mol. The number of anilines is 1. The fourth-order valence-corrected chi connectivity index (χ4v) is 6.27. The number of hydrogen-bond acceptors (Lipinski definition) is 8. The van der Waals surface area contributed by atoms with Crippen LogP contribution in [0.3, 0.4) is 0 Å². The molecule has 0 amide bonds. The number of pyridine rings is 1. The molecule has 0 bridgehead atoms. The smallest absolute Gasteiger partial charge is 0.469 e. The van der Waals surface area contributed by atoms with E-state index in [1.165, 1.54) is 6.92 Å². The molecule has 1 aliphatic heterocycles. The number of benzene rings is 1. The number of nitrogens with zero attached hydrogens (tertiary/aromatic N) is 2. The number of nitrogens with one attached hydrogen (secondary N) is 1. The molecule has 2 atom stereocenters. The van der Waals surface area contributed by atoms with Gasteiger partial charge in [-0.15, -0.1) is 0 Å². The van der Waals surface area contributed by atoms with Gasteiger partial charge >= 0.3 is 13.9 Å². The van der Waals surface area contributed by atoms with E-state index >= 15 is 0 Å². The van der Waals surface area contributed by atoms with Crippen LogP contribution < -0.4 is 5.32 Å². The summed E-state index contributed by atoms with van der Waals surface area (Å²) in [7, 11) is -8.43. The Hall–Kier alpha value is -2.67. The monoisotopic (exact) mass is 613 g/mol. The summed E-state index contributed by atoms with van der Waals surface area (Å²) in [6, 6.07) is 4.98. The Labute approximate surface area is 238 Å². The minimum Gasteiger partial charge on any atom is -0.496 e. The van der Waals surface area contributed by atoms with Crippen LogP contribution in [0.4, 0.5) is 14.6 Å². The second-order valence-electron chi connectivity index (χ2n) is 9.88. The summed E-state index contributed by atoms with van der Waals surface area (Å²) >= 11 is 0. The lowest BCUT2D eigenvalue weighted by Crippen LogP contribution is -2.45. The molecule has 4 rings (SSSR count). The fourth-order valence-electron chi connectivity index (χ4n) is 5.02. The number of halogens is 2. The van der Waals surface area contributed by atoms with Crippen LogP contribution in [0, 0.1) is 6.92 Å². The molecule has 1 aromatic heterocycles. The van der Waals surface area contributed by atoms with Crippen molar-refractivity contribution < 1.29 is 40.8 Å². The molecular formula is C27H34F2N3O7PS. The zero-order valence-electron chi connectivity index (χ0n) is 23.0. The van der Waals surface area contributed by atoms with Crippen LogP contribution in [0.1, 0.15) is 42.9 Å². The van der Waals surface area contributed by atoms with E-state index < -0.39 is 30.3 Å². The van der Waals surface area contributed by atoms with Gasteiger partial charge in [-0.05, 0) is 48.3 Å². The minimum atomic E-state index is -5.03. The molecule has 2 aromatic rings. The van der Waals surface area contributed by atoms with E-state index in [0.29, 0.717) is 11.6 Å². The highest BCUT2D eigenvalue weighted by Crippen LogP contribution is 2.48. The Morgan fingerprint density at radius 3 is 2.63 bits per heavy atom. The second-order valence-corrected chi connectivity index (χ2v) is 13.4. The van der Waals surface area contributed by atoms with Gasteiger partial charge in [0, 0.05) is 30.8 Å². The summed E-state index contributed by atoms with van der Waals surface area (Å²) in [6.07, 6.45) is 5.65. The average Bonchev–Trinajstić information content (AvgIpc) is 3.30. The largest absolute Gasteiger partial charge is 0.496 e. The van der Waals surface area contributed by atoms with Crippen LogP contribution in [0.5, 0.6) is 0 Å². The SMILES string of the molecule is CCN(CCCOC1=CC=C(c2cccc(S(=O)(=O)CC)c2)C2c3cc(C)cnc3NC12)C(F)(F)COP(=O)(O)O. The van der Waals surface area contributed by atoms with E-state index in [2.05, 4.69) is 14.8 Å². The second kappa shape index (κ2) is 12.3. The van der Waals surface area contributed by atoms with Gasteiger partial charge in [0.1, 0.15) is 18.2 Å². The number of allylic oxidation sites excluding steroid dienone is 2. The quantitative estimate of drug-likeness (QED) is 0.169. The molecule has 1 aromatic carbocycles. The predicted octanol–water partition coefficient (Wildman–Crippen LogP) is 4.47. The summed E-state index contributed by atoms with van der Waals surface area (Å²) < 4.78 is 74.9. The Balaban J connectivity index is 1.53. The summed E-state index contributed by atoms with van der Waals surface area (Å²) in [5, 5.41) is 3.40. The van der Waals surface area contributed by atoms with Crippen LogP contribution in [-0.2, 0) is 23.7 Å². The molecule has 2 aliphatic rings. The van der Waals surface area contributed by atoms with Crippen molar-refractivity contribution >= 4 is 29.1 Å². The van der Waals surface area contributed by atoms with Crippen molar-refractivity contribution in [3.05, 3.63) is 71.1 Å². The molecular weight excluding hydrogens is 579 g/mol. The van der Waals surface area contributed by atoms with Crippen molar-refractivity contribution in [1.82, 2.24) is 9.88 Å². The first-order valence-corrected chi connectivity index (χ1v) is 16.4. The summed E-state index contributed by atoms with van der Waals surface area (Å²) in [5.74, 6) is 1.04. The normalized spacial score (nSPS) is 18.8. The Bertz CT molecular complexity index is 1490. The van der Waals surface area contributed by atoms with E-state index in [0.717, 1.165) is 27.2 Å². The highest BCUT2D eigenvalue weighted by atomic mass is 32.2. The lowest BCUT2D eigenvalue weighted by molar-refractivity contribution is -0.169. The van der Waals surface area contributed by atoms with E-state index in [1.54, 1.807) is 37.4 Å². The van der Waals surface area contributed by atoms with E-state index in [1.807, 2.05) is 25.1 Å². The summed E-state index contributed by atoms with van der Waals surface area (Å²) in [6.45, 7) is 3.59. The third-order valence-electron chi connectivity index (χ3n) is 7.08. The Morgan fingerprint density at radius 2 is 1.95 bits per heavy atom. The number of likely N-dealkylation sites (N-methyl/N-ethyl adjacent to an activating group) is 1. The number of phosphoric acid groups is 1. The zero-order valence-corrected chi connectivity index (χ0v) is 24.7. The predicted molar refractivity (Wildman–Crippen MR) is 150 cm³/mol. The van der Waals surface area contributed by atoms with Gasteiger partial charge in [0.05, 0.1) is 23.3 Å². The van der Waals surface area contributed by atoms with Crippen LogP contribution in [0.15, 0.2) is 59.3 Å². The van der Waals surface area contributed by atoms with Gasteiger partial charge in [0.15, 0.2) is 9.84 Å². The van der Waals surface area contributed by atoms with E-state index in [9.17, 15) is 21.8 Å². The maximum atomic E-state index is 14.4. The van der Waals surface area contributed by atoms with Crippen molar-refractivity contribution in [3.8, 4) is 0 Å². The zero-order chi connectivity index (χ0) is 30.0. The number of aryl methyl sites for hydroxylation is 1. The first-order valence-electron chi connectivity index (χ1n) is 13.2. The standard InChI is InChI=1S/C27H34F2N3O7PS/c1-4-32(27(28,29)17-39-40(33,34)35)12-7-13-38-23-11-10-21(19-8-6-9-20(15-19)41(36,37)5-2)24-22-14-18(3)16-30-26(22)31-25(23)24/h6,8-11,14-16,24-25H,4-5,7,12-13,17H2,1-3H3,(H,30,31)(H2,33,34,35). The van der Waals surface area contributed by atoms with E-state index in [-0.39, 0.29) is 48.7 Å². The van der Waals surface area contributed by atoms with Gasteiger partial charge < -0.3 is 19.8 Å². The Morgan fingerprint density at radius 1 is 1.20 bits per heavy atom. The number of phosphoric ester groups is 1. The Kier molecular flexibility index (Phi) is 9.37.